The number of nitrogens with two attached hydrogens (primary N) is 1. The summed E-state index contributed by atoms with van der Waals surface area (Å²) in [6.07, 6.45) is 0. The third kappa shape index (κ3) is 5.59. The lowest BCUT2D eigenvalue weighted by atomic mass is 10.2. The maximum atomic E-state index is 13.2. The number of amides is 2. The minimum absolute atomic E-state index is 0.201. The smallest absolute Gasteiger partial charge is 0.274 e. The Balaban J connectivity index is 1.62. The molecule has 9 nitrogen and oxygen atoms in total. The quantitative estimate of drug-likeness (QED) is 0.299. The van der Waals surface area contributed by atoms with Crippen LogP contribution in [0.5, 0.6) is 11.5 Å². The van der Waals surface area contributed by atoms with Crippen LogP contribution in [-0.4, -0.2) is 35.8 Å². The summed E-state index contributed by atoms with van der Waals surface area (Å²) in [5.41, 5.74) is 8.31. The molecule has 0 saturated carbocycles. The predicted octanol–water partition coefficient (Wildman–Crippen LogP) is 4.69. The zero-order valence-electron chi connectivity index (χ0n) is 19.6. The first-order valence-corrected chi connectivity index (χ1v) is 11.3. The number of nitrogens with one attached hydrogen (secondary N) is 2. The standard InChI is InChI=1S/C26H24ClN5O4/c1-35-18-10-7-16(8-11-18)15-32-22(26(34)29-21-6-4-3-5-20(21)28)14-24(31-32)30-25(33)17-9-12-23(36-2)19(27)13-17/h3-14H,15,28H2,1-2H3,(H,29,34)(H,30,31,33). The van der Waals surface area contributed by atoms with E-state index in [-0.39, 0.29) is 18.1 Å². The van der Waals surface area contributed by atoms with Crippen molar-refractivity contribution in [1.82, 2.24) is 9.78 Å². The molecule has 4 N–H and O–H groups in total. The van der Waals surface area contributed by atoms with Gasteiger partial charge in [-0.05, 0) is 48.0 Å². The molecule has 0 atom stereocenters. The minimum Gasteiger partial charge on any atom is -0.497 e. The van der Waals surface area contributed by atoms with E-state index in [1.807, 2.05) is 24.3 Å². The van der Waals surface area contributed by atoms with Crippen LogP contribution in [0.25, 0.3) is 0 Å². The summed E-state index contributed by atoms with van der Waals surface area (Å²) in [6, 6.07) is 20.5. The molecule has 0 radical (unpaired) electrons. The van der Waals surface area contributed by atoms with Crippen LogP contribution in [0.3, 0.4) is 0 Å². The number of hydrogen-bond donors (Lipinski definition) is 3. The Kier molecular flexibility index (Phi) is 7.41. The van der Waals surface area contributed by atoms with Crippen LogP contribution in [0.4, 0.5) is 17.2 Å². The van der Waals surface area contributed by atoms with Gasteiger partial charge in [-0.1, -0.05) is 35.9 Å². The van der Waals surface area contributed by atoms with Gasteiger partial charge in [0.25, 0.3) is 11.8 Å². The number of hydrogen-bond acceptors (Lipinski definition) is 6. The average Bonchev–Trinajstić information content (AvgIpc) is 3.27. The number of anilines is 3. The molecule has 3 aromatic carbocycles. The van der Waals surface area contributed by atoms with Crippen molar-refractivity contribution in [2.75, 3.05) is 30.6 Å². The van der Waals surface area contributed by atoms with Gasteiger partial charge in [0.05, 0.1) is 37.2 Å². The van der Waals surface area contributed by atoms with Crippen molar-refractivity contribution in [3.63, 3.8) is 0 Å². The highest BCUT2D eigenvalue weighted by atomic mass is 35.5. The molecule has 2 amide bonds. The second-order valence-corrected chi connectivity index (χ2v) is 8.17. The minimum atomic E-state index is -0.437. The van der Waals surface area contributed by atoms with Gasteiger partial charge in [0.15, 0.2) is 5.82 Å². The third-order valence-electron chi connectivity index (χ3n) is 5.37. The normalized spacial score (nSPS) is 10.5. The largest absolute Gasteiger partial charge is 0.497 e. The second kappa shape index (κ2) is 10.8. The number of ether oxygens (including phenoxy) is 2. The van der Waals surface area contributed by atoms with E-state index in [0.717, 1.165) is 5.56 Å². The van der Waals surface area contributed by atoms with Crippen LogP contribution in [0.1, 0.15) is 26.4 Å². The number of carbonyl (C=O) groups is 2. The molecule has 0 aliphatic carbocycles. The van der Waals surface area contributed by atoms with Crippen molar-refractivity contribution in [1.29, 1.82) is 0 Å². The maximum Gasteiger partial charge on any atom is 0.274 e. The lowest BCUT2D eigenvalue weighted by Crippen LogP contribution is -2.19. The van der Waals surface area contributed by atoms with Gasteiger partial charge in [-0.3, -0.25) is 14.3 Å². The average molecular weight is 506 g/mol. The first kappa shape index (κ1) is 24.6. The zero-order valence-corrected chi connectivity index (χ0v) is 20.4. The number of benzene rings is 3. The summed E-state index contributed by atoms with van der Waals surface area (Å²) in [5, 5.41) is 10.3. The Morgan fingerprint density at radius 3 is 2.36 bits per heavy atom. The maximum absolute atomic E-state index is 13.2. The molecule has 10 heteroatoms. The number of carbonyl (C=O) groups excluding carboxylic acids is 2. The van der Waals surface area contributed by atoms with E-state index in [2.05, 4.69) is 15.7 Å². The Bertz CT molecular complexity index is 1400. The van der Waals surface area contributed by atoms with Crippen LogP contribution >= 0.6 is 11.6 Å². The van der Waals surface area contributed by atoms with Gasteiger partial charge in [0, 0.05) is 11.6 Å². The Labute approximate surface area is 212 Å². The van der Waals surface area contributed by atoms with Gasteiger partial charge in [0.2, 0.25) is 0 Å². The number of aromatic nitrogens is 2. The number of methoxy groups -OCH3 is 2. The number of para-hydroxylation sites is 2. The molecule has 1 heterocycles. The Morgan fingerprint density at radius 2 is 1.69 bits per heavy atom. The molecule has 4 aromatic rings. The third-order valence-corrected chi connectivity index (χ3v) is 5.66. The summed E-state index contributed by atoms with van der Waals surface area (Å²) < 4.78 is 11.8. The van der Waals surface area contributed by atoms with Crippen molar-refractivity contribution in [2.24, 2.45) is 0 Å². The molecule has 0 aliphatic rings. The molecule has 0 fully saturated rings. The van der Waals surface area contributed by atoms with Gasteiger partial charge in [0.1, 0.15) is 17.2 Å². The highest BCUT2D eigenvalue weighted by Crippen LogP contribution is 2.26. The molecule has 0 aliphatic heterocycles. The molecular formula is C26H24ClN5O4. The number of nitrogen functional groups attached to an aromatic ring is 1. The van der Waals surface area contributed by atoms with Crippen LogP contribution in [0, 0.1) is 0 Å². The Morgan fingerprint density at radius 1 is 0.944 bits per heavy atom. The predicted molar refractivity (Wildman–Crippen MR) is 139 cm³/mol. The SMILES string of the molecule is COc1ccc(Cn2nc(NC(=O)c3ccc(OC)c(Cl)c3)cc2C(=O)Nc2ccccc2N)cc1. The fraction of sp³-hybridized carbons (Fsp3) is 0.115. The van der Waals surface area contributed by atoms with E-state index in [1.165, 1.54) is 23.9 Å². The first-order valence-electron chi connectivity index (χ1n) is 10.9. The molecule has 184 valence electrons. The van der Waals surface area contributed by atoms with Crippen LogP contribution < -0.4 is 25.8 Å². The first-order chi connectivity index (χ1) is 17.4. The van der Waals surface area contributed by atoms with E-state index in [4.69, 9.17) is 26.8 Å². The molecule has 36 heavy (non-hydrogen) atoms. The summed E-state index contributed by atoms with van der Waals surface area (Å²) in [4.78, 5) is 26.0. The molecule has 0 bridgehead atoms. The van der Waals surface area contributed by atoms with Gasteiger partial charge >= 0.3 is 0 Å². The van der Waals surface area contributed by atoms with Crippen molar-refractivity contribution in [3.8, 4) is 11.5 Å². The monoisotopic (exact) mass is 505 g/mol. The van der Waals surface area contributed by atoms with E-state index in [1.54, 1.807) is 43.5 Å². The topological polar surface area (TPSA) is 120 Å². The van der Waals surface area contributed by atoms with Crippen molar-refractivity contribution in [2.45, 2.75) is 6.54 Å². The van der Waals surface area contributed by atoms with Gasteiger partial charge in [-0.15, -0.1) is 0 Å². The van der Waals surface area contributed by atoms with Gasteiger partial charge < -0.3 is 25.8 Å². The summed E-state index contributed by atoms with van der Waals surface area (Å²) >= 11 is 6.15. The number of halogens is 1. The van der Waals surface area contributed by atoms with Crippen LogP contribution in [0.15, 0.2) is 72.8 Å². The summed E-state index contributed by atoms with van der Waals surface area (Å²) in [5.74, 6) is 0.500. The lowest BCUT2D eigenvalue weighted by molar-refractivity contribution is 0.101. The molecule has 0 saturated heterocycles. The molecule has 4 rings (SSSR count). The Hall–Kier alpha value is -4.50. The van der Waals surface area contributed by atoms with Crippen LogP contribution in [0.2, 0.25) is 5.02 Å². The fourth-order valence-electron chi connectivity index (χ4n) is 3.48. The van der Waals surface area contributed by atoms with Crippen molar-refractivity contribution >= 4 is 40.6 Å². The van der Waals surface area contributed by atoms with Crippen LogP contribution in [-0.2, 0) is 6.54 Å². The van der Waals surface area contributed by atoms with Gasteiger partial charge in [-0.2, -0.15) is 5.10 Å². The molecular weight excluding hydrogens is 482 g/mol. The van der Waals surface area contributed by atoms with Crippen molar-refractivity contribution < 1.29 is 19.1 Å². The summed E-state index contributed by atoms with van der Waals surface area (Å²) in [7, 11) is 3.08. The lowest BCUT2D eigenvalue weighted by Gasteiger charge is -2.10. The summed E-state index contributed by atoms with van der Waals surface area (Å²) in [6.45, 7) is 0.279. The van der Waals surface area contributed by atoms with E-state index in [9.17, 15) is 9.59 Å². The van der Waals surface area contributed by atoms with Gasteiger partial charge in [-0.25, -0.2) is 0 Å². The fourth-order valence-corrected chi connectivity index (χ4v) is 3.74. The number of rotatable bonds is 8. The molecule has 1 aromatic heterocycles. The van der Waals surface area contributed by atoms with E-state index < -0.39 is 11.8 Å². The van der Waals surface area contributed by atoms with E-state index >= 15 is 0 Å². The molecule has 0 unspecified atom stereocenters. The number of nitrogens with zero attached hydrogens (tertiary/aromatic N) is 2. The second-order valence-electron chi connectivity index (χ2n) is 7.77. The molecule has 0 spiro atoms. The zero-order chi connectivity index (χ0) is 25.7. The highest BCUT2D eigenvalue weighted by molar-refractivity contribution is 6.32. The van der Waals surface area contributed by atoms with Crippen molar-refractivity contribution in [3.05, 3.63) is 94.6 Å². The highest BCUT2D eigenvalue weighted by Gasteiger charge is 2.19. The van der Waals surface area contributed by atoms with E-state index in [0.29, 0.717) is 33.5 Å².